The molecule has 0 fully saturated rings. The minimum absolute atomic E-state index is 0.0462. The first-order chi connectivity index (χ1) is 38.8. The van der Waals surface area contributed by atoms with Crippen LogP contribution in [0.4, 0.5) is 0 Å². The lowest BCUT2D eigenvalue weighted by Gasteiger charge is -2.19. The van der Waals surface area contributed by atoms with Crippen LogP contribution in [0.5, 0.6) is 0 Å². The van der Waals surface area contributed by atoms with Crippen molar-refractivity contribution in [3.05, 3.63) is 109 Å². The van der Waals surface area contributed by atoms with Gasteiger partial charge in [0.2, 0.25) is 0 Å². The smallest absolute Gasteiger partial charge is 0.462 e. The SMILES string of the molecule is CC/C=C\C/C=C\C/C=C\C/C=C\C/C=C\C/C=C\C/C=C\C/C=C\CCCCCCCCC(=O)OC(COC(=O)CCCCCCCCCCCCCCCCC/C=C\CCCCCCCCCC)COP(=O)(O)OCCN. The molecule has 454 valence electrons. The van der Waals surface area contributed by atoms with Gasteiger partial charge in [-0.05, 0) is 103 Å². The normalized spacial score (nSPS) is 13.7. The van der Waals surface area contributed by atoms with Gasteiger partial charge in [0.25, 0.3) is 0 Å². The molecule has 0 aliphatic rings. The molecule has 0 radical (unpaired) electrons. The second-order valence-corrected chi connectivity index (χ2v) is 22.7. The molecule has 0 rings (SSSR count). The van der Waals surface area contributed by atoms with Crippen molar-refractivity contribution in [3.8, 4) is 0 Å². The molecule has 79 heavy (non-hydrogen) atoms. The summed E-state index contributed by atoms with van der Waals surface area (Å²) in [5, 5.41) is 0. The molecule has 0 saturated heterocycles. The summed E-state index contributed by atoms with van der Waals surface area (Å²) in [4.78, 5) is 35.3. The quantitative estimate of drug-likeness (QED) is 0.0264. The van der Waals surface area contributed by atoms with Crippen LogP contribution in [0.25, 0.3) is 0 Å². The lowest BCUT2D eigenvalue weighted by molar-refractivity contribution is -0.161. The Bertz CT molecular complexity index is 1660. The first kappa shape index (κ1) is 75.7. The van der Waals surface area contributed by atoms with E-state index in [0.717, 1.165) is 109 Å². The first-order valence-electron chi connectivity index (χ1n) is 32.4. The van der Waals surface area contributed by atoms with E-state index in [1.165, 1.54) is 141 Å². The van der Waals surface area contributed by atoms with Gasteiger partial charge in [-0.3, -0.25) is 18.6 Å². The molecule has 0 aliphatic carbocycles. The topological polar surface area (TPSA) is 134 Å². The lowest BCUT2D eigenvalue weighted by atomic mass is 10.0. The third kappa shape index (κ3) is 63.7. The van der Waals surface area contributed by atoms with E-state index in [9.17, 15) is 19.0 Å². The van der Waals surface area contributed by atoms with E-state index in [4.69, 9.17) is 24.3 Å². The van der Waals surface area contributed by atoms with Crippen LogP contribution >= 0.6 is 7.82 Å². The van der Waals surface area contributed by atoms with Crippen LogP contribution < -0.4 is 5.73 Å². The molecular formula is C69H120NO8P. The Hall–Kier alpha value is -3.33. The number of allylic oxidation sites excluding steroid dienone is 18. The van der Waals surface area contributed by atoms with Crippen LogP contribution in [0.2, 0.25) is 0 Å². The van der Waals surface area contributed by atoms with Gasteiger partial charge in [0.05, 0.1) is 13.2 Å². The number of unbranched alkanes of at least 4 members (excludes halogenated alkanes) is 29. The van der Waals surface area contributed by atoms with Crippen molar-refractivity contribution in [1.29, 1.82) is 0 Å². The van der Waals surface area contributed by atoms with E-state index < -0.39 is 26.5 Å². The minimum Gasteiger partial charge on any atom is -0.462 e. The number of phosphoric ester groups is 1. The summed E-state index contributed by atoms with van der Waals surface area (Å²) < 4.78 is 33.1. The predicted octanol–water partition coefficient (Wildman–Crippen LogP) is 21.0. The monoisotopic (exact) mass is 1120 g/mol. The van der Waals surface area contributed by atoms with Gasteiger partial charge in [-0.15, -0.1) is 0 Å². The molecule has 0 aliphatic heterocycles. The van der Waals surface area contributed by atoms with Crippen LogP contribution in [0, 0.1) is 0 Å². The highest BCUT2D eigenvalue weighted by molar-refractivity contribution is 7.47. The third-order valence-corrected chi connectivity index (χ3v) is 14.6. The van der Waals surface area contributed by atoms with Crippen LogP contribution in [0.1, 0.15) is 284 Å². The van der Waals surface area contributed by atoms with E-state index in [2.05, 4.69) is 123 Å². The molecule has 9 nitrogen and oxygen atoms in total. The molecular weight excluding hydrogens is 1000 g/mol. The molecule has 0 aromatic heterocycles. The van der Waals surface area contributed by atoms with Gasteiger partial charge in [0.15, 0.2) is 6.10 Å². The first-order valence-corrected chi connectivity index (χ1v) is 33.9. The molecule has 10 heteroatoms. The number of ether oxygens (including phenoxy) is 2. The van der Waals surface area contributed by atoms with Gasteiger partial charge in [-0.1, -0.05) is 277 Å². The van der Waals surface area contributed by atoms with Crippen molar-refractivity contribution >= 4 is 19.8 Å². The summed E-state index contributed by atoms with van der Waals surface area (Å²) in [6.07, 6.45) is 87.3. The molecule has 0 saturated carbocycles. The lowest BCUT2D eigenvalue weighted by Crippen LogP contribution is -2.29. The molecule has 2 atom stereocenters. The molecule has 2 unspecified atom stereocenters. The fraction of sp³-hybridized carbons (Fsp3) is 0.710. The highest BCUT2D eigenvalue weighted by atomic mass is 31.2. The maximum absolute atomic E-state index is 12.7. The van der Waals surface area contributed by atoms with Crippen molar-refractivity contribution in [2.45, 2.75) is 290 Å². The standard InChI is InChI=1S/C69H120NO8P/c1-3-5-7-9-11-13-15-17-19-21-23-25-27-29-31-32-33-34-36-38-40-42-44-46-48-50-52-54-56-58-60-62-69(72)78-67(66-77-79(73,74)76-64-63-70)65-75-68(71)61-59-57-55-53-51-49-47-45-43-41-39-37-35-30-28-26-24-22-20-18-16-14-12-10-8-6-4-2/h5,7,11,13,17,19,22-25,29,31,33-34,38,40,44,46,67H,3-4,6,8-10,12,14-16,18,20-21,26-28,30,32,35-37,39,41-43,45,47-66,70H2,1-2H3,(H,73,74)/b7-5-,13-11-,19-17-,24-22-,25-23-,31-29-,34-33-,40-38-,46-44-. The molecule has 3 N–H and O–H groups in total. The number of hydrogen-bond acceptors (Lipinski definition) is 8. The molecule has 0 heterocycles. The summed E-state index contributed by atoms with van der Waals surface area (Å²) in [6.45, 7) is 3.63. The number of esters is 2. The van der Waals surface area contributed by atoms with Gasteiger partial charge >= 0.3 is 19.8 Å². The number of rotatable bonds is 60. The fourth-order valence-electron chi connectivity index (χ4n) is 8.88. The average Bonchev–Trinajstić information content (AvgIpc) is 3.44. The summed E-state index contributed by atoms with van der Waals surface area (Å²) in [5.74, 6) is -0.843. The van der Waals surface area contributed by atoms with Gasteiger partial charge in [0.1, 0.15) is 6.61 Å². The van der Waals surface area contributed by atoms with Gasteiger partial charge in [0, 0.05) is 19.4 Å². The maximum atomic E-state index is 12.7. The van der Waals surface area contributed by atoms with E-state index in [1.807, 2.05) is 0 Å². The Morgan fingerprint density at radius 3 is 1.05 bits per heavy atom. The van der Waals surface area contributed by atoms with Gasteiger partial charge in [-0.25, -0.2) is 4.57 Å². The maximum Gasteiger partial charge on any atom is 0.472 e. The molecule has 0 aromatic carbocycles. The van der Waals surface area contributed by atoms with Crippen molar-refractivity contribution in [2.24, 2.45) is 5.73 Å². The Labute approximate surface area is 486 Å². The van der Waals surface area contributed by atoms with Crippen molar-refractivity contribution < 1.29 is 37.6 Å². The Balaban J connectivity index is 3.99. The van der Waals surface area contributed by atoms with Crippen LogP contribution in [0.15, 0.2) is 109 Å². The highest BCUT2D eigenvalue weighted by Crippen LogP contribution is 2.43. The van der Waals surface area contributed by atoms with E-state index >= 15 is 0 Å². The van der Waals surface area contributed by atoms with Crippen LogP contribution in [-0.4, -0.2) is 49.3 Å². The van der Waals surface area contributed by atoms with Gasteiger partial charge in [-0.2, -0.15) is 0 Å². The van der Waals surface area contributed by atoms with Gasteiger partial charge < -0.3 is 20.1 Å². The second kappa shape index (κ2) is 63.8. The Morgan fingerprint density at radius 2 is 0.696 bits per heavy atom. The summed E-state index contributed by atoms with van der Waals surface area (Å²) in [6, 6.07) is 0. The summed E-state index contributed by atoms with van der Waals surface area (Å²) in [7, 11) is -4.40. The summed E-state index contributed by atoms with van der Waals surface area (Å²) in [5.41, 5.74) is 5.39. The summed E-state index contributed by atoms with van der Waals surface area (Å²) >= 11 is 0. The highest BCUT2D eigenvalue weighted by Gasteiger charge is 2.26. The predicted molar refractivity (Wildman–Crippen MR) is 339 cm³/mol. The Kier molecular flexibility index (Phi) is 61.2. The number of phosphoric acid groups is 1. The largest absolute Gasteiger partial charge is 0.472 e. The van der Waals surface area contributed by atoms with E-state index in [-0.39, 0.29) is 38.6 Å². The third-order valence-electron chi connectivity index (χ3n) is 13.6. The Morgan fingerprint density at radius 1 is 0.392 bits per heavy atom. The molecule has 0 bridgehead atoms. The number of nitrogens with two attached hydrogens (primary N) is 1. The average molecular weight is 1120 g/mol. The van der Waals surface area contributed by atoms with Crippen molar-refractivity contribution in [3.63, 3.8) is 0 Å². The van der Waals surface area contributed by atoms with E-state index in [0.29, 0.717) is 6.42 Å². The van der Waals surface area contributed by atoms with Crippen LogP contribution in [0.3, 0.4) is 0 Å². The minimum atomic E-state index is -4.40. The number of carbonyl (C=O) groups excluding carboxylic acids is 2. The van der Waals surface area contributed by atoms with Crippen LogP contribution in [-0.2, 0) is 32.7 Å². The van der Waals surface area contributed by atoms with Crippen molar-refractivity contribution in [1.82, 2.24) is 0 Å². The zero-order valence-electron chi connectivity index (χ0n) is 50.8. The molecule has 0 amide bonds. The number of hydrogen-bond donors (Lipinski definition) is 2. The zero-order valence-corrected chi connectivity index (χ0v) is 51.7. The van der Waals surface area contributed by atoms with E-state index in [1.54, 1.807) is 0 Å². The number of carbonyl (C=O) groups is 2. The zero-order chi connectivity index (χ0) is 57.3. The fourth-order valence-corrected chi connectivity index (χ4v) is 9.65. The molecule has 0 spiro atoms. The van der Waals surface area contributed by atoms with Crippen molar-refractivity contribution in [2.75, 3.05) is 26.4 Å². The second-order valence-electron chi connectivity index (χ2n) is 21.2. The molecule has 0 aromatic rings.